The van der Waals surface area contributed by atoms with Gasteiger partial charge in [-0.2, -0.15) is 0 Å². The lowest BCUT2D eigenvalue weighted by molar-refractivity contribution is -0.123. The standard InChI is InChI=1S/C14H17Cl2N3O2/c15-8-1-4-11(20)12(13(8)16)9-2-3-10(19-9)14(21)18-7-5-17-6-7/h1,4,7,9-10,17,19-20H,2-3,5-6H2,(H,18,21)/t9?,10-/m0/s1. The smallest absolute Gasteiger partial charge is 0.237 e. The highest BCUT2D eigenvalue weighted by Gasteiger charge is 2.34. The number of carbonyl (C=O) groups excluding carboxylic acids is 1. The highest BCUT2D eigenvalue weighted by Crippen LogP contribution is 2.40. The summed E-state index contributed by atoms with van der Waals surface area (Å²) < 4.78 is 0. The summed E-state index contributed by atoms with van der Waals surface area (Å²) in [7, 11) is 0. The molecule has 2 atom stereocenters. The second kappa shape index (κ2) is 6.01. The summed E-state index contributed by atoms with van der Waals surface area (Å²) in [6, 6.07) is 2.89. The molecular formula is C14H17Cl2N3O2. The number of phenols is 1. The zero-order valence-corrected chi connectivity index (χ0v) is 12.8. The van der Waals surface area contributed by atoms with Gasteiger partial charge in [0.1, 0.15) is 5.75 Å². The van der Waals surface area contributed by atoms with Gasteiger partial charge in [-0.05, 0) is 25.0 Å². The average Bonchev–Trinajstić information content (AvgIpc) is 2.88. The number of carbonyl (C=O) groups is 1. The van der Waals surface area contributed by atoms with E-state index in [0.29, 0.717) is 22.0 Å². The van der Waals surface area contributed by atoms with Crippen LogP contribution in [0, 0.1) is 0 Å². The van der Waals surface area contributed by atoms with Crippen molar-refractivity contribution < 1.29 is 9.90 Å². The van der Waals surface area contributed by atoms with Gasteiger partial charge in [0.05, 0.1) is 22.1 Å². The zero-order chi connectivity index (χ0) is 15.0. The van der Waals surface area contributed by atoms with E-state index in [2.05, 4.69) is 16.0 Å². The average molecular weight is 330 g/mol. The van der Waals surface area contributed by atoms with E-state index < -0.39 is 0 Å². The molecule has 0 aromatic heterocycles. The van der Waals surface area contributed by atoms with Crippen molar-refractivity contribution in [1.29, 1.82) is 0 Å². The van der Waals surface area contributed by atoms with Crippen LogP contribution in [-0.4, -0.2) is 36.2 Å². The number of rotatable bonds is 3. The second-order valence-corrected chi connectivity index (χ2v) is 6.29. The lowest BCUT2D eigenvalue weighted by Crippen LogP contribution is -2.59. The summed E-state index contributed by atoms with van der Waals surface area (Å²) in [5.74, 6) is 0.104. The van der Waals surface area contributed by atoms with Crippen LogP contribution in [-0.2, 0) is 4.79 Å². The minimum absolute atomic E-state index is 0.00152. The molecule has 1 amide bonds. The van der Waals surface area contributed by atoms with Crippen LogP contribution < -0.4 is 16.0 Å². The van der Waals surface area contributed by atoms with Gasteiger partial charge < -0.3 is 15.7 Å². The van der Waals surface area contributed by atoms with E-state index in [1.54, 1.807) is 6.07 Å². The molecule has 1 aromatic carbocycles. The van der Waals surface area contributed by atoms with Crippen LogP contribution in [0.1, 0.15) is 24.4 Å². The molecule has 0 saturated carbocycles. The molecular weight excluding hydrogens is 313 g/mol. The van der Waals surface area contributed by atoms with E-state index in [0.717, 1.165) is 19.5 Å². The van der Waals surface area contributed by atoms with Crippen LogP contribution in [0.15, 0.2) is 12.1 Å². The lowest BCUT2D eigenvalue weighted by atomic mass is 10.0. The number of phenolic OH excluding ortho intramolecular Hbond substituents is 1. The topological polar surface area (TPSA) is 73.4 Å². The maximum atomic E-state index is 12.1. The van der Waals surface area contributed by atoms with Gasteiger partial charge in [0, 0.05) is 24.7 Å². The Morgan fingerprint density at radius 2 is 2.05 bits per heavy atom. The Morgan fingerprint density at radius 1 is 1.29 bits per heavy atom. The summed E-state index contributed by atoms with van der Waals surface area (Å²) in [5, 5.41) is 20.1. The number of hydrogen-bond donors (Lipinski definition) is 4. The molecule has 2 fully saturated rings. The van der Waals surface area contributed by atoms with Crippen molar-refractivity contribution in [1.82, 2.24) is 16.0 Å². The van der Waals surface area contributed by atoms with E-state index in [4.69, 9.17) is 23.2 Å². The summed E-state index contributed by atoms with van der Waals surface area (Å²) in [6.07, 6.45) is 1.44. The van der Waals surface area contributed by atoms with Crippen molar-refractivity contribution in [3.63, 3.8) is 0 Å². The molecule has 0 aliphatic carbocycles. The molecule has 0 radical (unpaired) electrons. The van der Waals surface area contributed by atoms with Gasteiger partial charge in [0.25, 0.3) is 0 Å². The largest absolute Gasteiger partial charge is 0.508 e. The van der Waals surface area contributed by atoms with E-state index in [1.807, 2.05) is 0 Å². The van der Waals surface area contributed by atoms with Gasteiger partial charge in [0.2, 0.25) is 5.91 Å². The summed E-state index contributed by atoms with van der Waals surface area (Å²) in [5.41, 5.74) is 0.574. The molecule has 114 valence electrons. The quantitative estimate of drug-likeness (QED) is 0.679. The third-order valence-corrected chi connectivity index (χ3v) is 4.87. The van der Waals surface area contributed by atoms with Crippen LogP contribution in [0.2, 0.25) is 10.0 Å². The Bertz CT molecular complexity index is 563. The molecule has 2 saturated heterocycles. The molecule has 1 unspecified atom stereocenters. The number of hydrogen-bond acceptors (Lipinski definition) is 4. The first-order valence-corrected chi connectivity index (χ1v) is 7.76. The fourth-order valence-corrected chi connectivity index (χ4v) is 3.21. The van der Waals surface area contributed by atoms with Gasteiger partial charge in [-0.3, -0.25) is 10.1 Å². The molecule has 21 heavy (non-hydrogen) atoms. The van der Waals surface area contributed by atoms with Gasteiger partial charge in [0.15, 0.2) is 0 Å². The number of amides is 1. The van der Waals surface area contributed by atoms with Gasteiger partial charge in [-0.1, -0.05) is 23.2 Å². The molecule has 7 heteroatoms. The zero-order valence-electron chi connectivity index (χ0n) is 11.3. The highest BCUT2D eigenvalue weighted by atomic mass is 35.5. The molecule has 2 aliphatic rings. The fourth-order valence-electron chi connectivity index (χ4n) is 2.76. The number of nitrogens with one attached hydrogen (secondary N) is 3. The summed E-state index contributed by atoms with van der Waals surface area (Å²) in [4.78, 5) is 12.1. The third-order valence-electron chi connectivity index (χ3n) is 4.05. The Morgan fingerprint density at radius 3 is 2.71 bits per heavy atom. The molecule has 5 nitrogen and oxygen atoms in total. The minimum atomic E-state index is -0.259. The first kappa shape index (κ1) is 14.9. The van der Waals surface area contributed by atoms with E-state index in [9.17, 15) is 9.90 Å². The Balaban J connectivity index is 1.69. The maximum absolute atomic E-state index is 12.1. The molecule has 4 N–H and O–H groups in total. The maximum Gasteiger partial charge on any atom is 0.237 e. The molecule has 2 aliphatic heterocycles. The van der Waals surface area contributed by atoms with Crippen molar-refractivity contribution in [2.75, 3.05) is 13.1 Å². The fraction of sp³-hybridized carbons (Fsp3) is 0.500. The van der Waals surface area contributed by atoms with Crippen LogP contribution in [0.4, 0.5) is 0 Å². The van der Waals surface area contributed by atoms with Crippen LogP contribution >= 0.6 is 23.2 Å². The molecule has 1 aromatic rings. The predicted molar refractivity (Wildman–Crippen MR) is 81.8 cm³/mol. The van der Waals surface area contributed by atoms with Gasteiger partial charge >= 0.3 is 0 Å². The van der Waals surface area contributed by atoms with E-state index >= 15 is 0 Å². The Labute approximate surface area is 133 Å². The first-order chi connectivity index (χ1) is 10.1. The lowest BCUT2D eigenvalue weighted by Gasteiger charge is -2.29. The SMILES string of the molecule is O=C(NC1CNC1)[C@@H]1CCC(c2c(O)ccc(Cl)c2Cl)N1. The summed E-state index contributed by atoms with van der Waals surface area (Å²) >= 11 is 12.2. The monoisotopic (exact) mass is 329 g/mol. The summed E-state index contributed by atoms with van der Waals surface area (Å²) in [6.45, 7) is 1.64. The predicted octanol–water partition coefficient (Wildman–Crippen LogP) is 1.58. The molecule has 2 heterocycles. The van der Waals surface area contributed by atoms with Crippen molar-refractivity contribution in [3.8, 4) is 5.75 Å². The van der Waals surface area contributed by atoms with Gasteiger partial charge in [-0.15, -0.1) is 0 Å². The number of aromatic hydroxyl groups is 1. The second-order valence-electron chi connectivity index (χ2n) is 5.51. The highest BCUT2D eigenvalue weighted by molar-refractivity contribution is 6.42. The Hall–Kier alpha value is -1.01. The first-order valence-electron chi connectivity index (χ1n) is 7.00. The van der Waals surface area contributed by atoms with Gasteiger partial charge in [-0.25, -0.2) is 0 Å². The van der Waals surface area contributed by atoms with Crippen molar-refractivity contribution in [2.24, 2.45) is 0 Å². The third kappa shape index (κ3) is 2.97. The van der Waals surface area contributed by atoms with Crippen molar-refractivity contribution in [2.45, 2.75) is 31.0 Å². The minimum Gasteiger partial charge on any atom is -0.508 e. The van der Waals surface area contributed by atoms with Crippen molar-refractivity contribution >= 4 is 29.1 Å². The van der Waals surface area contributed by atoms with Crippen molar-refractivity contribution in [3.05, 3.63) is 27.7 Å². The molecule has 3 rings (SSSR count). The van der Waals surface area contributed by atoms with E-state index in [1.165, 1.54) is 6.07 Å². The normalized spacial score (nSPS) is 25.6. The number of halogens is 2. The van der Waals surface area contributed by atoms with E-state index in [-0.39, 0.29) is 29.8 Å². The molecule has 0 bridgehead atoms. The van der Waals surface area contributed by atoms with Crippen LogP contribution in [0.25, 0.3) is 0 Å². The molecule has 0 spiro atoms. The van der Waals surface area contributed by atoms with Crippen LogP contribution in [0.3, 0.4) is 0 Å². The Kier molecular flexibility index (Phi) is 4.26. The van der Waals surface area contributed by atoms with Crippen LogP contribution in [0.5, 0.6) is 5.75 Å². The number of benzene rings is 1.